The summed E-state index contributed by atoms with van der Waals surface area (Å²) in [5, 5.41) is 13.4. The molecule has 1 atom stereocenters. The van der Waals surface area contributed by atoms with Crippen LogP contribution in [0, 0.1) is 0 Å². The van der Waals surface area contributed by atoms with Gasteiger partial charge in [-0.15, -0.1) is 0 Å². The summed E-state index contributed by atoms with van der Waals surface area (Å²) in [7, 11) is 0. The number of benzene rings is 1. The summed E-state index contributed by atoms with van der Waals surface area (Å²) >= 11 is 6.25. The second-order valence-corrected chi connectivity index (χ2v) is 5.37. The summed E-state index contributed by atoms with van der Waals surface area (Å²) in [5.74, 6) is -0.347. The van der Waals surface area contributed by atoms with Crippen molar-refractivity contribution in [2.24, 2.45) is 0 Å². The molecule has 0 fully saturated rings. The third-order valence-corrected chi connectivity index (χ3v) is 3.84. The van der Waals surface area contributed by atoms with Crippen LogP contribution in [0.2, 0.25) is 5.02 Å². The number of aliphatic hydroxyl groups excluding tert-OH is 1. The fourth-order valence-electron chi connectivity index (χ4n) is 2.34. The molecule has 3 rings (SSSR count). The van der Waals surface area contributed by atoms with Crippen molar-refractivity contribution < 1.29 is 9.90 Å². The molecule has 0 aliphatic rings. The highest BCUT2D eigenvalue weighted by atomic mass is 35.5. The standard InChI is InChI=1S/C15H15ClN4O2/c16-13-11-3-1-2-4-12(11)20-14(13)15(22)19-10(7-21)5-9-6-17-8-18-9/h1-4,6,8,10,20-21H,5,7H2,(H,17,18)(H,19,22)/t10-/m0/s1. The van der Waals surface area contributed by atoms with Gasteiger partial charge in [-0.05, 0) is 6.07 Å². The highest BCUT2D eigenvalue weighted by Gasteiger charge is 2.19. The van der Waals surface area contributed by atoms with Crippen molar-refractivity contribution in [3.05, 3.63) is 53.2 Å². The largest absolute Gasteiger partial charge is 0.394 e. The van der Waals surface area contributed by atoms with Crippen LogP contribution in [0.3, 0.4) is 0 Å². The normalized spacial score (nSPS) is 12.5. The monoisotopic (exact) mass is 318 g/mol. The zero-order valence-electron chi connectivity index (χ0n) is 11.6. The molecule has 0 aliphatic heterocycles. The quantitative estimate of drug-likeness (QED) is 0.578. The number of carbonyl (C=O) groups is 1. The van der Waals surface area contributed by atoms with E-state index in [1.165, 1.54) is 0 Å². The molecule has 0 spiro atoms. The Morgan fingerprint density at radius 3 is 2.91 bits per heavy atom. The minimum Gasteiger partial charge on any atom is -0.394 e. The Balaban J connectivity index is 1.78. The lowest BCUT2D eigenvalue weighted by Crippen LogP contribution is -2.39. The van der Waals surface area contributed by atoms with Crippen molar-refractivity contribution in [3.8, 4) is 0 Å². The Morgan fingerprint density at radius 1 is 1.41 bits per heavy atom. The molecule has 2 aromatic heterocycles. The second-order valence-electron chi connectivity index (χ2n) is 4.99. The topological polar surface area (TPSA) is 93.8 Å². The predicted molar refractivity (Wildman–Crippen MR) is 83.9 cm³/mol. The number of imidazole rings is 1. The molecule has 0 saturated heterocycles. The average Bonchev–Trinajstić information content (AvgIpc) is 3.15. The number of aromatic amines is 2. The molecule has 1 amide bonds. The van der Waals surface area contributed by atoms with E-state index in [1.54, 1.807) is 12.5 Å². The number of H-pyrrole nitrogens is 2. The van der Waals surface area contributed by atoms with Crippen LogP contribution in [-0.4, -0.2) is 38.6 Å². The van der Waals surface area contributed by atoms with Crippen LogP contribution in [0.25, 0.3) is 10.9 Å². The average molecular weight is 319 g/mol. The Bertz CT molecular complexity index is 782. The van der Waals surface area contributed by atoms with Gasteiger partial charge in [0.05, 0.1) is 24.0 Å². The Hall–Kier alpha value is -2.31. The van der Waals surface area contributed by atoms with Crippen LogP contribution in [0.5, 0.6) is 0 Å². The number of halogens is 1. The van der Waals surface area contributed by atoms with E-state index in [2.05, 4.69) is 20.3 Å². The van der Waals surface area contributed by atoms with E-state index in [1.807, 2.05) is 24.3 Å². The summed E-state index contributed by atoms with van der Waals surface area (Å²) in [5.41, 5.74) is 1.93. The zero-order valence-corrected chi connectivity index (χ0v) is 12.4. The fraction of sp³-hybridized carbons (Fsp3) is 0.200. The van der Waals surface area contributed by atoms with E-state index in [-0.39, 0.29) is 12.5 Å². The maximum Gasteiger partial charge on any atom is 0.269 e. The second kappa shape index (κ2) is 6.21. The summed E-state index contributed by atoms with van der Waals surface area (Å²) in [4.78, 5) is 22.2. The van der Waals surface area contributed by atoms with Crippen LogP contribution in [0.15, 0.2) is 36.8 Å². The molecule has 114 valence electrons. The highest BCUT2D eigenvalue weighted by Crippen LogP contribution is 2.27. The van der Waals surface area contributed by atoms with E-state index in [0.29, 0.717) is 17.1 Å². The summed E-state index contributed by atoms with van der Waals surface area (Å²) in [6.45, 7) is -0.178. The molecule has 0 unspecified atom stereocenters. The Morgan fingerprint density at radius 2 is 2.23 bits per heavy atom. The maximum absolute atomic E-state index is 12.4. The van der Waals surface area contributed by atoms with Crippen molar-refractivity contribution in [3.63, 3.8) is 0 Å². The molecule has 4 N–H and O–H groups in total. The first-order chi connectivity index (χ1) is 10.7. The third kappa shape index (κ3) is 2.84. The van der Waals surface area contributed by atoms with Crippen molar-refractivity contribution in [2.45, 2.75) is 12.5 Å². The molecular weight excluding hydrogens is 304 g/mol. The molecule has 0 saturated carbocycles. The smallest absolute Gasteiger partial charge is 0.269 e. The number of hydrogen-bond acceptors (Lipinski definition) is 3. The van der Waals surface area contributed by atoms with Gasteiger partial charge in [-0.2, -0.15) is 0 Å². The van der Waals surface area contributed by atoms with Crippen molar-refractivity contribution in [2.75, 3.05) is 6.61 Å². The first kappa shape index (κ1) is 14.6. The molecule has 6 nitrogen and oxygen atoms in total. The van der Waals surface area contributed by atoms with Crippen LogP contribution >= 0.6 is 11.6 Å². The number of nitrogens with one attached hydrogen (secondary N) is 3. The zero-order chi connectivity index (χ0) is 15.5. The molecule has 0 bridgehead atoms. The summed E-state index contributed by atoms with van der Waals surface area (Å²) in [6, 6.07) is 7.00. The Labute approximate surface area is 131 Å². The van der Waals surface area contributed by atoms with Crippen LogP contribution in [0.4, 0.5) is 0 Å². The van der Waals surface area contributed by atoms with Gasteiger partial charge in [0.15, 0.2) is 0 Å². The van der Waals surface area contributed by atoms with Gasteiger partial charge in [0.25, 0.3) is 5.91 Å². The van der Waals surface area contributed by atoms with Gasteiger partial charge in [-0.25, -0.2) is 4.98 Å². The third-order valence-electron chi connectivity index (χ3n) is 3.45. The van der Waals surface area contributed by atoms with E-state index in [9.17, 15) is 9.90 Å². The number of rotatable bonds is 5. The van der Waals surface area contributed by atoms with Gasteiger partial charge in [-0.3, -0.25) is 4.79 Å². The molecule has 22 heavy (non-hydrogen) atoms. The first-order valence-electron chi connectivity index (χ1n) is 6.84. The molecule has 0 radical (unpaired) electrons. The lowest BCUT2D eigenvalue weighted by molar-refractivity contribution is 0.0912. The number of nitrogens with zero attached hydrogens (tertiary/aromatic N) is 1. The number of hydrogen-bond donors (Lipinski definition) is 4. The van der Waals surface area contributed by atoms with Gasteiger partial charge < -0.3 is 20.4 Å². The molecule has 1 aromatic carbocycles. The van der Waals surface area contributed by atoms with Gasteiger partial charge in [-0.1, -0.05) is 29.8 Å². The summed E-state index contributed by atoms with van der Waals surface area (Å²) < 4.78 is 0. The van der Waals surface area contributed by atoms with Crippen molar-refractivity contribution in [1.82, 2.24) is 20.3 Å². The molecule has 7 heteroatoms. The SMILES string of the molecule is O=C(N[C@H](CO)Cc1cnc[nH]1)c1[nH]c2ccccc2c1Cl. The van der Waals surface area contributed by atoms with Gasteiger partial charge >= 0.3 is 0 Å². The number of amides is 1. The minimum absolute atomic E-state index is 0.178. The van der Waals surface area contributed by atoms with Crippen LogP contribution < -0.4 is 5.32 Å². The Kier molecular flexibility index (Phi) is 4.13. The number of aliphatic hydroxyl groups is 1. The number of aromatic nitrogens is 3. The van der Waals surface area contributed by atoms with E-state index in [4.69, 9.17) is 11.6 Å². The predicted octanol–water partition coefficient (Wildman–Crippen LogP) is 1.88. The van der Waals surface area contributed by atoms with Gasteiger partial charge in [0, 0.05) is 29.2 Å². The lowest BCUT2D eigenvalue weighted by Gasteiger charge is -2.15. The van der Waals surface area contributed by atoms with Crippen molar-refractivity contribution >= 4 is 28.4 Å². The van der Waals surface area contributed by atoms with Gasteiger partial charge in [0.2, 0.25) is 0 Å². The minimum atomic E-state index is -0.421. The van der Waals surface area contributed by atoms with Crippen molar-refractivity contribution in [1.29, 1.82) is 0 Å². The van der Waals surface area contributed by atoms with Crippen LogP contribution in [0.1, 0.15) is 16.2 Å². The van der Waals surface area contributed by atoms with E-state index < -0.39 is 6.04 Å². The van der Waals surface area contributed by atoms with Gasteiger partial charge in [0.1, 0.15) is 5.69 Å². The fourth-order valence-corrected chi connectivity index (χ4v) is 2.64. The molecule has 3 aromatic rings. The maximum atomic E-state index is 12.4. The van der Waals surface area contributed by atoms with E-state index >= 15 is 0 Å². The highest BCUT2D eigenvalue weighted by molar-refractivity contribution is 6.38. The first-order valence-corrected chi connectivity index (χ1v) is 7.22. The molecule has 2 heterocycles. The number of carbonyl (C=O) groups excluding carboxylic acids is 1. The van der Waals surface area contributed by atoms with Crippen LogP contribution in [-0.2, 0) is 6.42 Å². The number of para-hydroxylation sites is 1. The summed E-state index contributed by atoms with van der Waals surface area (Å²) in [6.07, 6.45) is 3.67. The lowest BCUT2D eigenvalue weighted by atomic mass is 10.1. The van der Waals surface area contributed by atoms with E-state index in [0.717, 1.165) is 16.6 Å². The number of fused-ring (bicyclic) bond motifs is 1. The molecular formula is C15H15ClN4O2. The molecule has 0 aliphatic carbocycles.